The van der Waals surface area contributed by atoms with Crippen molar-refractivity contribution >= 4 is 34.5 Å². The Labute approximate surface area is 123 Å². The Hall–Kier alpha value is -1.52. The predicted octanol–water partition coefficient (Wildman–Crippen LogP) is 3.59. The molecule has 0 fully saturated rings. The van der Waals surface area contributed by atoms with Gasteiger partial charge in [-0.15, -0.1) is 0 Å². The molecule has 1 aromatic carbocycles. The highest BCUT2D eigenvalue weighted by atomic mass is 35.5. The van der Waals surface area contributed by atoms with E-state index in [9.17, 15) is 0 Å². The maximum atomic E-state index is 6.00. The molecule has 19 heavy (non-hydrogen) atoms. The summed E-state index contributed by atoms with van der Waals surface area (Å²) in [6.07, 6.45) is 1.67. The normalized spacial score (nSPS) is 10.4. The van der Waals surface area contributed by atoms with Gasteiger partial charge in [0.1, 0.15) is 10.7 Å². The van der Waals surface area contributed by atoms with Gasteiger partial charge in [0, 0.05) is 22.8 Å². The summed E-state index contributed by atoms with van der Waals surface area (Å²) in [4.78, 5) is 2.49. The smallest absolute Gasteiger partial charge is 0.123 e. The van der Waals surface area contributed by atoms with E-state index in [0.717, 1.165) is 23.6 Å². The van der Waals surface area contributed by atoms with Crippen LogP contribution in [0.4, 0.5) is 5.69 Å². The molecule has 0 radical (unpaired) electrons. The van der Waals surface area contributed by atoms with Crippen LogP contribution < -0.4 is 10.6 Å². The largest absolute Gasteiger partial charge is 0.467 e. The Balaban J connectivity index is 2.35. The molecule has 0 amide bonds. The van der Waals surface area contributed by atoms with E-state index in [1.165, 1.54) is 0 Å². The first-order valence-corrected chi connectivity index (χ1v) is 6.77. The molecule has 0 aliphatic heterocycles. The molecule has 1 aromatic heterocycles. The lowest BCUT2D eigenvalue weighted by atomic mass is 10.1. The van der Waals surface area contributed by atoms with Crippen molar-refractivity contribution in [1.29, 1.82) is 0 Å². The number of halogens is 1. The molecule has 0 spiro atoms. The van der Waals surface area contributed by atoms with E-state index in [1.54, 1.807) is 12.3 Å². The summed E-state index contributed by atoms with van der Waals surface area (Å²) in [6, 6.07) is 9.38. The molecule has 100 valence electrons. The lowest BCUT2D eigenvalue weighted by Crippen LogP contribution is -2.25. The van der Waals surface area contributed by atoms with Crippen LogP contribution in [0.5, 0.6) is 0 Å². The molecule has 0 saturated carbocycles. The Kier molecular flexibility index (Phi) is 4.45. The molecule has 0 aliphatic carbocycles. The lowest BCUT2D eigenvalue weighted by Gasteiger charge is -2.24. The van der Waals surface area contributed by atoms with E-state index in [4.69, 9.17) is 34.0 Å². The van der Waals surface area contributed by atoms with E-state index in [2.05, 4.69) is 11.8 Å². The van der Waals surface area contributed by atoms with Crippen molar-refractivity contribution in [2.45, 2.75) is 13.5 Å². The van der Waals surface area contributed by atoms with Crippen LogP contribution in [0.2, 0.25) is 5.02 Å². The van der Waals surface area contributed by atoms with E-state index in [0.29, 0.717) is 16.6 Å². The Bertz CT molecular complexity index is 569. The number of hydrogen-bond donors (Lipinski definition) is 1. The zero-order valence-corrected chi connectivity index (χ0v) is 12.2. The standard InChI is InChI=1S/C14H15ClN2OS/c1-2-17(9-11-4-3-7-18-11)13-6-5-10(15)8-12(13)14(16)19/h3-8H,2,9H2,1H3,(H2,16,19). The third kappa shape index (κ3) is 3.28. The number of benzene rings is 1. The maximum absolute atomic E-state index is 6.00. The number of rotatable bonds is 5. The lowest BCUT2D eigenvalue weighted by molar-refractivity contribution is 0.503. The van der Waals surface area contributed by atoms with Gasteiger partial charge in [0.2, 0.25) is 0 Å². The SMILES string of the molecule is CCN(Cc1ccco1)c1ccc(Cl)cc1C(N)=S. The van der Waals surface area contributed by atoms with Crippen LogP contribution in [0.25, 0.3) is 0 Å². The average Bonchev–Trinajstić information content (AvgIpc) is 2.89. The van der Waals surface area contributed by atoms with E-state index in [1.807, 2.05) is 24.3 Å². The van der Waals surface area contributed by atoms with Crippen molar-refractivity contribution in [2.75, 3.05) is 11.4 Å². The summed E-state index contributed by atoms with van der Waals surface area (Å²) in [5.41, 5.74) is 7.53. The number of thiocarbonyl (C=S) groups is 1. The third-order valence-electron chi connectivity index (χ3n) is 2.87. The number of hydrogen-bond acceptors (Lipinski definition) is 3. The Morgan fingerprint density at radius 1 is 1.42 bits per heavy atom. The van der Waals surface area contributed by atoms with Crippen LogP contribution in [0.15, 0.2) is 41.0 Å². The number of nitrogens with two attached hydrogens (primary N) is 1. The van der Waals surface area contributed by atoms with Gasteiger partial charge in [0.25, 0.3) is 0 Å². The van der Waals surface area contributed by atoms with Crippen molar-refractivity contribution < 1.29 is 4.42 Å². The molecule has 0 aliphatic rings. The first kappa shape index (κ1) is 13.9. The van der Waals surface area contributed by atoms with Crippen molar-refractivity contribution in [2.24, 2.45) is 5.73 Å². The molecule has 1 heterocycles. The minimum absolute atomic E-state index is 0.343. The maximum Gasteiger partial charge on any atom is 0.123 e. The van der Waals surface area contributed by atoms with Gasteiger partial charge in [0.15, 0.2) is 0 Å². The summed E-state index contributed by atoms with van der Waals surface area (Å²) in [5.74, 6) is 0.894. The molecular formula is C14H15ClN2OS. The third-order valence-corrected chi connectivity index (χ3v) is 3.33. The molecule has 0 atom stereocenters. The molecule has 0 bridgehead atoms. The van der Waals surface area contributed by atoms with Crippen LogP contribution in [-0.2, 0) is 6.54 Å². The van der Waals surface area contributed by atoms with Crippen molar-refractivity contribution in [3.63, 3.8) is 0 Å². The molecule has 0 unspecified atom stereocenters. The average molecular weight is 295 g/mol. The second-order valence-electron chi connectivity index (χ2n) is 4.12. The summed E-state index contributed by atoms with van der Waals surface area (Å²) in [6.45, 7) is 3.56. The zero-order chi connectivity index (χ0) is 13.8. The highest BCUT2D eigenvalue weighted by Gasteiger charge is 2.13. The number of nitrogens with zero attached hydrogens (tertiary/aromatic N) is 1. The molecule has 3 nitrogen and oxygen atoms in total. The topological polar surface area (TPSA) is 42.4 Å². The monoisotopic (exact) mass is 294 g/mol. The van der Waals surface area contributed by atoms with Crippen molar-refractivity contribution in [3.05, 3.63) is 52.9 Å². The second-order valence-corrected chi connectivity index (χ2v) is 5.00. The van der Waals surface area contributed by atoms with Gasteiger partial charge in [-0.1, -0.05) is 23.8 Å². The first-order chi connectivity index (χ1) is 9.11. The fourth-order valence-corrected chi connectivity index (χ4v) is 2.27. The van der Waals surface area contributed by atoms with Crippen LogP contribution in [0, 0.1) is 0 Å². The summed E-state index contributed by atoms with van der Waals surface area (Å²) >= 11 is 11.1. The molecule has 0 saturated heterocycles. The van der Waals surface area contributed by atoms with Gasteiger partial charge in [-0.25, -0.2) is 0 Å². The zero-order valence-electron chi connectivity index (χ0n) is 10.6. The minimum Gasteiger partial charge on any atom is -0.467 e. The van der Waals surface area contributed by atoms with Crippen molar-refractivity contribution in [1.82, 2.24) is 0 Å². The molecule has 2 N–H and O–H groups in total. The van der Waals surface area contributed by atoms with Gasteiger partial charge < -0.3 is 15.1 Å². The van der Waals surface area contributed by atoms with Crippen molar-refractivity contribution in [3.8, 4) is 0 Å². The van der Waals surface area contributed by atoms with Crippen LogP contribution in [0.1, 0.15) is 18.2 Å². The molecular weight excluding hydrogens is 280 g/mol. The van der Waals surface area contributed by atoms with Crippen LogP contribution >= 0.6 is 23.8 Å². The van der Waals surface area contributed by atoms with Gasteiger partial charge >= 0.3 is 0 Å². The Morgan fingerprint density at radius 2 is 2.21 bits per heavy atom. The van der Waals surface area contributed by atoms with E-state index in [-0.39, 0.29) is 0 Å². The van der Waals surface area contributed by atoms with E-state index < -0.39 is 0 Å². The number of anilines is 1. The van der Waals surface area contributed by atoms with E-state index >= 15 is 0 Å². The Morgan fingerprint density at radius 3 is 2.79 bits per heavy atom. The summed E-state index contributed by atoms with van der Waals surface area (Å²) in [7, 11) is 0. The predicted molar refractivity (Wildman–Crippen MR) is 82.8 cm³/mol. The summed E-state index contributed by atoms with van der Waals surface area (Å²) in [5, 5.41) is 0.626. The van der Waals surface area contributed by atoms with Crippen LogP contribution in [-0.4, -0.2) is 11.5 Å². The highest BCUT2D eigenvalue weighted by molar-refractivity contribution is 7.80. The molecule has 2 aromatic rings. The highest BCUT2D eigenvalue weighted by Crippen LogP contribution is 2.25. The fourth-order valence-electron chi connectivity index (χ4n) is 1.94. The first-order valence-electron chi connectivity index (χ1n) is 5.98. The quantitative estimate of drug-likeness (QED) is 0.856. The van der Waals surface area contributed by atoms with Gasteiger partial charge in [-0.2, -0.15) is 0 Å². The second kappa shape index (κ2) is 6.08. The number of furan rings is 1. The molecule has 2 rings (SSSR count). The summed E-state index contributed by atoms with van der Waals surface area (Å²) < 4.78 is 5.38. The van der Waals surface area contributed by atoms with Crippen LogP contribution in [0.3, 0.4) is 0 Å². The molecule has 5 heteroatoms. The van der Waals surface area contributed by atoms with Gasteiger partial charge in [-0.3, -0.25) is 0 Å². The van der Waals surface area contributed by atoms with Gasteiger partial charge in [-0.05, 0) is 37.3 Å². The van der Waals surface area contributed by atoms with Gasteiger partial charge in [0.05, 0.1) is 12.8 Å². The minimum atomic E-state index is 0.343. The fraction of sp³-hybridized carbons (Fsp3) is 0.214.